The molecule has 0 saturated heterocycles. The molecule has 2 aromatic carbocycles. The molecule has 2 heterocycles. The summed E-state index contributed by atoms with van der Waals surface area (Å²) in [5.41, 5.74) is 4.38. The summed E-state index contributed by atoms with van der Waals surface area (Å²) in [6, 6.07) is 15.5. The summed E-state index contributed by atoms with van der Waals surface area (Å²) in [6.07, 6.45) is 0. The Morgan fingerprint density at radius 3 is 2.71 bits per heavy atom. The predicted octanol–water partition coefficient (Wildman–Crippen LogP) is 4.71. The third-order valence-electron chi connectivity index (χ3n) is 3.93. The lowest BCUT2D eigenvalue weighted by molar-refractivity contribution is 0.102. The number of carbonyl (C=O) groups is 1. The van der Waals surface area contributed by atoms with Crippen molar-refractivity contribution >= 4 is 43.5 Å². The van der Waals surface area contributed by atoms with Gasteiger partial charge in [0.1, 0.15) is 0 Å². The number of aryl methyl sites for hydroxylation is 2. The second kappa shape index (κ2) is 5.69. The Hall–Kier alpha value is -2.79. The van der Waals surface area contributed by atoms with Gasteiger partial charge in [0.25, 0.3) is 5.91 Å². The maximum Gasteiger partial charge on any atom is 0.257 e. The van der Waals surface area contributed by atoms with Gasteiger partial charge in [0.05, 0.1) is 15.7 Å². The molecule has 4 nitrogen and oxygen atoms in total. The van der Waals surface area contributed by atoms with E-state index < -0.39 is 0 Å². The molecule has 0 spiro atoms. The van der Waals surface area contributed by atoms with Crippen LogP contribution in [0.15, 0.2) is 48.5 Å². The Bertz CT molecular complexity index is 1080. The van der Waals surface area contributed by atoms with Crippen molar-refractivity contribution in [1.29, 1.82) is 0 Å². The zero-order valence-corrected chi connectivity index (χ0v) is 14.1. The molecule has 0 radical (unpaired) electrons. The summed E-state index contributed by atoms with van der Waals surface area (Å²) < 4.78 is 1.07. The van der Waals surface area contributed by atoms with Gasteiger partial charge in [-0.2, -0.15) is 0 Å². The van der Waals surface area contributed by atoms with E-state index in [1.54, 1.807) is 0 Å². The molecule has 0 aliphatic heterocycles. The molecule has 0 aliphatic rings. The highest BCUT2D eigenvalue weighted by atomic mass is 32.1. The molecule has 0 saturated carbocycles. The van der Waals surface area contributed by atoms with Crippen LogP contribution in [0.4, 0.5) is 5.13 Å². The number of hydrogen-bond acceptors (Lipinski definition) is 4. The summed E-state index contributed by atoms with van der Waals surface area (Å²) >= 11 is 1.48. The first-order chi connectivity index (χ1) is 11.6. The summed E-state index contributed by atoms with van der Waals surface area (Å²) in [7, 11) is 0. The fourth-order valence-corrected chi connectivity index (χ4v) is 3.61. The van der Waals surface area contributed by atoms with E-state index >= 15 is 0 Å². The van der Waals surface area contributed by atoms with Crippen LogP contribution in [0.25, 0.3) is 21.1 Å². The maximum absolute atomic E-state index is 12.5. The second-order valence-corrected chi connectivity index (χ2v) is 6.79. The highest BCUT2D eigenvalue weighted by Crippen LogP contribution is 2.28. The van der Waals surface area contributed by atoms with Gasteiger partial charge in [-0.25, -0.2) is 4.98 Å². The van der Waals surface area contributed by atoms with Gasteiger partial charge in [0.2, 0.25) is 0 Å². The molecule has 5 heteroatoms. The number of hydrogen-bond donors (Lipinski definition) is 1. The SMILES string of the molecule is Cc1ccc2ccc(C(=O)Nc3nc4c(C)cccc4s3)cc2n1. The molecular formula is C19H15N3OS. The molecule has 0 aliphatic carbocycles. The van der Waals surface area contributed by atoms with Crippen LogP contribution in [0.5, 0.6) is 0 Å². The molecule has 1 N–H and O–H groups in total. The third-order valence-corrected chi connectivity index (χ3v) is 4.87. The van der Waals surface area contributed by atoms with E-state index in [0.29, 0.717) is 10.7 Å². The van der Waals surface area contributed by atoms with Crippen molar-refractivity contribution in [2.45, 2.75) is 13.8 Å². The van der Waals surface area contributed by atoms with Crippen molar-refractivity contribution in [1.82, 2.24) is 9.97 Å². The fraction of sp³-hybridized carbons (Fsp3) is 0.105. The smallest absolute Gasteiger partial charge is 0.257 e. The molecular weight excluding hydrogens is 318 g/mol. The number of fused-ring (bicyclic) bond motifs is 2. The van der Waals surface area contributed by atoms with Gasteiger partial charge in [0.15, 0.2) is 5.13 Å². The van der Waals surface area contributed by atoms with E-state index in [1.165, 1.54) is 11.3 Å². The molecule has 0 unspecified atom stereocenters. The van der Waals surface area contributed by atoms with Crippen LogP contribution in [0.2, 0.25) is 0 Å². The van der Waals surface area contributed by atoms with Crippen molar-refractivity contribution < 1.29 is 4.79 Å². The van der Waals surface area contributed by atoms with Crippen molar-refractivity contribution in [3.8, 4) is 0 Å². The minimum absolute atomic E-state index is 0.170. The summed E-state index contributed by atoms with van der Waals surface area (Å²) in [5, 5.41) is 4.53. The number of amides is 1. The minimum atomic E-state index is -0.170. The van der Waals surface area contributed by atoms with Crippen LogP contribution in [-0.4, -0.2) is 15.9 Å². The molecule has 24 heavy (non-hydrogen) atoms. The lowest BCUT2D eigenvalue weighted by atomic mass is 10.1. The van der Waals surface area contributed by atoms with Crippen LogP contribution in [0, 0.1) is 13.8 Å². The van der Waals surface area contributed by atoms with Crippen molar-refractivity contribution in [2.75, 3.05) is 5.32 Å². The highest BCUT2D eigenvalue weighted by Gasteiger charge is 2.11. The summed E-state index contributed by atoms with van der Waals surface area (Å²) in [4.78, 5) is 21.5. The number of nitrogens with one attached hydrogen (secondary N) is 1. The number of carbonyl (C=O) groups excluding carboxylic acids is 1. The normalized spacial score (nSPS) is 11.1. The Morgan fingerprint density at radius 1 is 1.04 bits per heavy atom. The number of thiazole rings is 1. The topological polar surface area (TPSA) is 54.9 Å². The first kappa shape index (κ1) is 14.8. The van der Waals surface area contributed by atoms with E-state index in [-0.39, 0.29) is 5.91 Å². The first-order valence-electron chi connectivity index (χ1n) is 7.65. The molecule has 2 aromatic heterocycles. The zero-order valence-electron chi connectivity index (χ0n) is 13.3. The van der Waals surface area contributed by atoms with Gasteiger partial charge in [-0.3, -0.25) is 15.1 Å². The molecule has 0 fully saturated rings. The minimum Gasteiger partial charge on any atom is -0.298 e. The Morgan fingerprint density at radius 2 is 1.88 bits per heavy atom. The molecule has 118 valence electrons. The number of benzene rings is 2. The van der Waals surface area contributed by atoms with Gasteiger partial charge in [-0.15, -0.1) is 0 Å². The monoisotopic (exact) mass is 333 g/mol. The number of anilines is 1. The maximum atomic E-state index is 12.5. The van der Waals surface area contributed by atoms with Crippen molar-refractivity contribution in [3.63, 3.8) is 0 Å². The lowest BCUT2D eigenvalue weighted by Crippen LogP contribution is -2.11. The van der Waals surface area contributed by atoms with E-state index in [9.17, 15) is 4.79 Å². The quantitative estimate of drug-likeness (QED) is 0.578. The van der Waals surface area contributed by atoms with Gasteiger partial charge in [-0.05, 0) is 43.7 Å². The van der Waals surface area contributed by atoms with Gasteiger partial charge in [-0.1, -0.05) is 35.6 Å². The molecule has 0 atom stereocenters. The standard InChI is InChI=1S/C19H15N3OS/c1-11-4-3-5-16-17(11)21-19(24-16)22-18(23)14-9-8-13-7-6-12(2)20-15(13)10-14/h3-10H,1-2H3,(H,21,22,23). The van der Waals surface area contributed by atoms with Crippen LogP contribution in [-0.2, 0) is 0 Å². The summed E-state index contributed by atoms with van der Waals surface area (Å²) in [6.45, 7) is 3.96. The Kier molecular flexibility index (Phi) is 3.50. The Balaban J connectivity index is 1.66. The fourth-order valence-electron chi connectivity index (χ4n) is 2.67. The van der Waals surface area contributed by atoms with Crippen LogP contribution >= 0.6 is 11.3 Å². The van der Waals surface area contributed by atoms with Gasteiger partial charge < -0.3 is 0 Å². The lowest BCUT2D eigenvalue weighted by Gasteiger charge is -2.04. The van der Waals surface area contributed by atoms with Crippen LogP contribution < -0.4 is 5.32 Å². The molecule has 4 aromatic rings. The van der Waals surface area contributed by atoms with E-state index in [4.69, 9.17) is 0 Å². The van der Waals surface area contributed by atoms with Crippen LogP contribution in [0.3, 0.4) is 0 Å². The number of pyridine rings is 1. The number of rotatable bonds is 2. The number of para-hydroxylation sites is 1. The predicted molar refractivity (Wildman–Crippen MR) is 98.8 cm³/mol. The summed E-state index contributed by atoms with van der Waals surface area (Å²) in [5.74, 6) is -0.170. The van der Waals surface area contributed by atoms with Crippen molar-refractivity contribution in [2.24, 2.45) is 0 Å². The average molecular weight is 333 g/mol. The van der Waals surface area contributed by atoms with E-state index in [0.717, 1.165) is 32.4 Å². The molecule has 4 rings (SSSR count). The van der Waals surface area contributed by atoms with E-state index in [2.05, 4.69) is 15.3 Å². The second-order valence-electron chi connectivity index (χ2n) is 5.75. The number of aromatic nitrogens is 2. The van der Waals surface area contributed by atoms with Crippen LogP contribution in [0.1, 0.15) is 21.6 Å². The Labute approximate surface area is 143 Å². The molecule has 0 bridgehead atoms. The highest BCUT2D eigenvalue weighted by molar-refractivity contribution is 7.22. The number of nitrogens with zero attached hydrogens (tertiary/aromatic N) is 2. The largest absolute Gasteiger partial charge is 0.298 e. The average Bonchev–Trinajstić information content (AvgIpc) is 2.98. The zero-order chi connectivity index (χ0) is 16.7. The van der Waals surface area contributed by atoms with Gasteiger partial charge >= 0.3 is 0 Å². The van der Waals surface area contributed by atoms with E-state index in [1.807, 2.05) is 62.4 Å². The first-order valence-corrected chi connectivity index (χ1v) is 8.47. The van der Waals surface area contributed by atoms with Gasteiger partial charge in [0, 0.05) is 16.6 Å². The molecule has 1 amide bonds. The van der Waals surface area contributed by atoms with Crippen molar-refractivity contribution in [3.05, 3.63) is 65.4 Å². The third kappa shape index (κ3) is 2.63.